The fourth-order valence-corrected chi connectivity index (χ4v) is 2.89. The summed E-state index contributed by atoms with van der Waals surface area (Å²) in [6.45, 7) is 4.22. The molecule has 0 saturated heterocycles. The number of carbonyl (C=O) groups is 2. The molecule has 1 aliphatic carbocycles. The van der Waals surface area contributed by atoms with Crippen LogP contribution in [0.3, 0.4) is 0 Å². The van der Waals surface area contributed by atoms with Gasteiger partial charge in [0.25, 0.3) is 5.91 Å². The van der Waals surface area contributed by atoms with Gasteiger partial charge in [-0.25, -0.2) is 0 Å². The summed E-state index contributed by atoms with van der Waals surface area (Å²) in [5.74, 6) is -0.117. The van der Waals surface area contributed by atoms with Crippen molar-refractivity contribution in [1.82, 2.24) is 5.32 Å². The van der Waals surface area contributed by atoms with Crippen LogP contribution < -0.4 is 16.4 Å². The Hall–Kier alpha value is -1.88. The van der Waals surface area contributed by atoms with Crippen LogP contribution in [0.1, 0.15) is 49.9 Å². The molecule has 22 heavy (non-hydrogen) atoms. The molecule has 0 aromatic heterocycles. The lowest BCUT2D eigenvalue weighted by atomic mass is 9.85. The van der Waals surface area contributed by atoms with Gasteiger partial charge in [-0.05, 0) is 51.0 Å². The van der Waals surface area contributed by atoms with E-state index in [4.69, 9.17) is 5.73 Å². The molecule has 1 aromatic rings. The zero-order valence-electron chi connectivity index (χ0n) is 13.3. The number of anilines is 1. The van der Waals surface area contributed by atoms with Gasteiger partial charge in [-0.1, -0.05) is 12.8 Å². The van der Waals surface area contributed by atoms with Gasteiger partial charge in [0.15, 0.2) is 0 Å². The predicted molar refractivity (Wildman–Crippen MR) is 87.6 cm³/mol. The summed E-state index contributed by atoms with van der Waals surface area (Å²) in [6.07, 6.45) is 3.81. The van der Waals surface area contributed by atoms with E-state index in [1.807, 2.05) is 13.8 Å². The van der Waals surface area contributed by atoms with Crippen LogP contribution in [0.2, 0.25) is 0 Å². The first-order valence-corrected chi connectivity index (χ1v) is 7.89. The molecule has 5 heteroatoms. The van der Waals surface area contributed by atoms with Crippen molar-refractivity contribution in [2.24, 2.45) is 11.1 Å². The Morgan fingerprint density at radius 3 is 2.27 bits per heavy atom. The summed E-state index contributed by atoms with van der Waals surface area (Å²) < 4.78 is 0. The van der Waals surface area contributed by atoms with Crippen molar-refractivity contribution >= 4 is 17.5 Å². The number of nitrogens with two attached hydrogens (primary N) is 1. The fraction of sp³-hybridized carbons (Fsp3) is 0.529. The van der Waals surface area contributed by atoms with Crippen LogP contribution >= 0.6 is 0 Å². The van der Waals surface area contributed by atoms with Crippen molar-refractivity contribution in [3.05, 3.63) is 29.8 Å². The summed E-state index contributed by atoms with van der Waals surface area (Å²) >= 11 is 0. The van der Waals surface area contributed by atoms with E-state index in [1.165, 1.54) is 0 Å². The first-order valence-electron chi connectivity index (χ1n) is 7.89. The van der Waals surface area contributed by atoms with Gasteiger partial charge in [0.2, 0.25) is 5.91 Å². The van der Waals surface area contributed by atoms with Crippen LogP contribution in [0.25, 0.3) is 0 Å². The van der Waals surface area contributed by atoms with E-state index in [-0.39, 0.29) is 17.9 Å². The minimum absolute atomic E-state index is 0.00752. The third-order valence-corrected chi connectivity index (χ3v) is 4.26. The van der Waals surface area contributed by atoms with Crippen LogP contribution in [0.5, 0.6) is 0 Å². The van der Waals surface area contributed by atoms with Gasteiger partial charge in [0, 0.05) is 23.8 Å². The number of nitrogens with one attached hydrogen (secondary N) is 2. The third-order valence-electron chi connectivity index (χ3n) is 4.26. The van der Waals surface area contributed by atoms with Crippen molar-refractivity contribution in [3.63, 3.8) is 0 Å². The highest BCUT2D eigenvalue weighted by molar-refractivity contribution is 5.97. The molecule has 0 atom stereocenters. The number of benzene rings is 1. The Morgan fingerprint density at radius 2 is 1.77 bits per heavy atom. The van der Waals surface area contributed by atoms with Crippen molar-refractivity contribution < 1.29 is 9.59 Å². The minimum atomic E-state index is -0.423. The smallest absolute Gasteiger partial charge is 0.251 e. The van der Waals surface area contributed by atoms with Gasteiger partial charge >= 0.3 is 0 Å². The molecule has 5 nitrogen and oxygen atoms in total. The molecular weight excluding hydrogens is 278 g/mol. The van der Waals surface area contributed by atoms with Gasteiger partial charge in [0.05, 0.1) is 5.41 Å². The minimum Gasteiger partial charge on any atom is -0.350 e. The maximum atomic E-state index is 12.5. The summed E-state index contributed by atoms with van der Waals surface area (Å²) in [5.41, 5.74) is 6.68. The van der Waals surface area contributed by atoms with Crippen molar-refractivity contribution in [2.45, 2.75) is 45.6 Å². The fourth-order valence-electron chi connectivity index (χ4n) is 2.89. The predicted octanol–water partition coefficient (Wildman–Crippen LogP) is 2.28. The van der Waals surface area contributed by atoms with E-state index >= 15 is 0 Å². The molecule has 1 aliphatic rings. The number of hydrogen-bond acceptors (Lipinski definition) is 3. The molecule has 0 spiro atoms. The monoisotopic (exact) mass is 303 g/mol. The Labute approximate surface area is 131 Å². The van der Waals surface area contributed by atoms with Crippen LogP contribution in [0.15, 0.2) is 24.3 Å². The van der Waals surface area contributed by atoms with Crippen LogP contribution in [-0.4, -0.2) is 24.4 Å². The lowest BCUT2D eigenvalue weighted by Crippen LogP contribution is -2.40. The zero-order chi connectivity index (χ0) is 16.2. The quantitative estimate of drug-likeness (QED) is 0.780. The molecule has 0 aliphatic heterocycles. The number of carbonyl (C=O) groups excluding carboxylic acids is 2. The largest absolute Gasteiger partial charge is 0.350 e. The van der Waals surface area contributed by atoms with Crippen molar-refractivity contribution in [2.75, 3.05) is 11.9 Å². The van der Waals surface area contributed by atoms with Gasteiger partial charge in [-0.15, -0.1) is 0 Å². The maximum Gasteiger partial charge on any atom is 0.251 e. The van der Waals surface area contributed by atoms with E-state index in [0.717, 1.165) is 25.7 Å². The molecule has 0 radical (unpaired) electrons. The number of hydrogen-bond donors (Lipinski definition) is 3. The first-order chi connectivity index (χ1) is 10.5. The molecule has 0 heterocycles. The standard InChI is InChI=1S/C17H25N3O2/c1-12(2)19-15(21)13-5-7-14(8-6-13)20-16(22)17(11-18)9-3-4-10-17/h5-8,12H,3-4,9-11,18H2,1-2H3,(H,19,21)(H,20,22). The van der Waals surface area contributed by atoms with Gasteiger partial charge in [0.1, 0.15) is 0 Å². The average molecular weight is 303 g/mol. The van der Waals surface area contributed by atoms with Crippen molar-refractivity contribution in [3.8, 4) is 0 Å². The van der Waals surface area contributed by atoms with E-state index in [9.17, 15) is 9.59 Å². The highest BCUT2D eigenvalue weighted by Crippen LogP contribution is 2.38. The summed E-state index contributed by atoms with van der Waals surface area (Å²) in [4.78, 5) is 24.3. The van der Waals surface area contributed by atoms with Gasteiger partial charge in [-0.2, -0.15) is 0 Å². The second kappa shape index (κ2) is 6.92. The lowest BCUT2D eigenvalue weighted by Gasteiger charge is -2.25. The summed E-state index contributed by atoms with van der Waals surface area (Å²) in [5, 5.41) is 5.77. The van der Waals surface area contributed by atoms with Crippen molar-refractivity contribution in [1.29, 1.82) is 0 Å². The second-order valence-electron chi connectivity index (χ2n) is 6.35. The van der Waals surface area contributed by atoms with Crippen LogP contribution in [0.4, 0.5) is 5.69 Å². The van der Waals surface area contributed by atoms with Gasteiger partial charge in [-0.3, -0.25) is 9.59 Å². The molecule has 120 valence electrons. The highest BCUT2D eigenvalue weighted by Gasteiger charge is 2.39. The lowest BCUT2D eigenvalue weighted by molar-refractivity contribution is -0.124. The van der Waals surface area contributed by atoms with E-state index in [0.29, 0.717) is 17.8 Å². The Balaban J connectivity index is 2.02. The molecule has 2 amide bonds. The normalized spacial score (nSPS) is 16.5. The molecule has 0 unspecified atom stereocenters. The second-order valence-corrected chi connectivity index (χ2v) is 6.35. The van der Waals surface area contributed by atoms with Crippen LogP contribution in [-0.2, 0) is 4.79 Å². The van der Waals surface area contributed by atoms with E-state index in [1.54, 1.807) is 24.3 Å². The summed E-state index contributed by atoms with van der Waals surface area (Å²) in [7, 11) is 0. The van der Waals surface area contributed by atoms with E-state index in [2.05, 4.69) is 10.6 Å². The molecule has 1 saturated carbocycles. The molecular formula is C17H25N3O2. The highest BCUT2D eigenvalue weighted by atomic mass is 16.2. The Bertz CT molecular complexity index is 531. The topological polar surface area (TPSA) is 84.2 Å². The maximum absolute atomic E-state index is 12.5. The average Bonchev–Trinajstić information content (AvgIpc) is 2.97. The van der Waals surface area contributed by atoms with E-state index < -0.39 is 5.41 Å². The van der Waals surface area contributed by atoms with Crippen LogP contribution in [0, 0.1) is 5.41 Å². The number of rotatable bonds is 5. The molecule has 0 bridgehead atoms. The molecule has 1 fully saturated rings. The SMILES string of the molecule is CC(C)NC(=O)c1ccc(NC(=O)C2(CN)CCCC2)cc1. The third kappa shape index (κ3) is 3.65. The Morgan fingerprint density at radius 1 is 1.18 bits per heavy atom. The van der Waals surface area contributed by atoms with Gasteiger partial charge < -0.3 is 16.4 Å². The Kier molecular flexibility index (Phi) is 5.19. The number of amides is 2. The summed E-state index contributed by atoms with van der Waals surface area (Å²) in [6, 6.07) is 7.05. The molecule has 2 rings (SSSR count). The molecule has 1 aromatic carbocycles. The first kappa shape index (κ1) is 16.5. The zero-order valence-corrected chi connectivity index (χ0v) is 13.3. The molecule has 4 N–H and O–H groups in total.